The van der Waals surface area contributed by atoms with Crippen molar-refractivity contribution >= 4 is 30.3 Å². The molecule has 22 heavy (non-hydrogen) atoms. The Morgan fingerprint density at radius 2 is 1.41 bits per heavy atom. The van der Waals surface area contributed by atoms with Crippen LogP contribution in [0, 0.1) is 0 Å². The van der Waals surface area contributed by atoms with Crippen LogP contribution in [0.3, 0.4) is 0 Å². The van der Waals surface area contributed by atoms with Crippen LogP contribution in [-0.2, 0) is 10.2 Å². The van der Waals surface area contributed by atoms with Crippen molar-refractivity contribution in [1.29, 1.82) is 0 Å². The van der Waals surface area contributed by atoms with E-state index in [0.29, 0.717) is 4.31 Å². The summed E-state index contributed by atoms with van der Waals surface area (Å²) < 4.78 is 28.1. The van der Waals surface area contributed by atoms with Gasteiger partial charge >= 0.3 is 10.2 Å². The van der Waals surface area contributed by atoms with Crippen LogP contribution in [0.15, 0.2) is 24.3 Å². The number of hydrogen-bond donors (Lipinski definition) is 1. The molecule has 120 valence electrons. The van der Waals surface area contributed by atoms with Gasteiger partial charge in [-0.1, -0.05) is 46.0 Å². The van der Waals surface area contributed by atoms with Crippen molar-refractivity contribution in [3.8, 4) is 0 Å². The Balaban J connectivity index is 2.41. The average Bonchev–Trinajstić information content (AvgIpc) is 2.60. The number of imide groups is 1. The molecule has 0 bridgehead atoms. The van der Waals surface area contributed by atoms with E-state index in [1.807, 2.05) is 33.9 Å². The van der Waals surface area contributed by atoms with Gasteiger partial charge < -0.3 is 0 Å². The third-order valence-electron chi connectivity index (χ3n) is 4.26. The van der Waals surface area contributed by atoms with E-state index in [0.717, 1.165) is 0 Å². The summed E-state index contributed by atoms with van der Waals surface area (Å²) in [5.74, 6) is -1.60. The van der Waals surface area contributed by atoms with E-state index in [4.69, 9.17) is 0 Å². The lowest BCUT2D eigenvalue weighted by atomic mass is 10.1. The number of carbonyl (C=O) groups is 2. The van der Waals surface area contributed by atoms with E-state index < -0.39 is 30.3 Å². The molecule has 1 aromatic carbocycles. The Morgan fingerprint density at radius 1 is 1.00 bits per heavy atom. The van der Waals surface area contributed by atoms with E-state index in [1.165, 1.54) is 12.1 Å². The minimum absolute atomic E-state index is 0.119. The fourth-order valence-electron chi connectivity index (χ4n) is 1.91. The van der Waals surface area contributed by atoms with Gasteiger partial charge in [0.15, 0.2) is 0 Å². The van der Waals surface area contributed by atoms with E-state index in [1.54, 1.807) is 12.1 Å². The molecule has 2 amide bonds. The maximum atomic E-state index is 12.6. The molecule has 0 radical (unpaired) electrons. The number of benzene rings is 1. The van der Waals surface area contributed by atoms with Gasteiger partial charge in [0.2, 0.25) is 0 Å². The average molecular weight is 340 g/mol. The second-order valence-corrected chi connectivity index (χ2v) is 13.8. The van der Waals surface area contributed by atoms with Crippen molar-refractivity contribution in [2.45, 2.75) is 38.9 Å². The summed E-state index contributed by atoms with van der Waals surface area (Å²) in [5, 5.41) is -0.265. The van der Waals surface area contributed by atoms with Gasteiger partial charge in [0.1, 0.15) is 8.24 Å². The third-order valence-corrected chi connectivity index (χ3v) is 11.9. The second-order valence-electron chi connectivity index (χ2n) is 6.90. The molecule has 0 saturated carbocycles. The highest BCUT2D eigenvalue weighted by molar-refractivity contribution is 7.89. The molecule has 8 heteroatoms. The maximum absolute atomic E-state index is 12.6. The van der Waals surface area contributed by atoms with Gasteiger partial charge in [0.25, 0.3) is 11.8 Å². The molecule has 1 N–H and O–H groups in total. The maximum Gasteiger partial charge on any atom is 0.305 e. The molecule has 1 aromatic rings. The Hall–Kier alpha value is -1.51. The standard InChI is InChI=1S/C14H20N2O4SSi/c1-14(2,3)22(4,5)15-21(19,20)16-12(17)10-8-6-7-9-11(10)13(16)18/h6-9,15H,1-5H3. The zero-order valence-corrected chi connectivity index (χ0v) is 15.1. The largest absolute Gasteiger partial charge is 0.305 e. The van der Waals surface area contributed by atoms with Crippen LogP contribution in [0.5, 0.6) is 0 Å². The van der Waals surface area contributed by atoms with Crippen LogP contribution in [-0.4, -0.2) is 32.8 Å². The number of hydrogen-bond acceptors (Lipinski definition) is 4. The molecule has 2 rings (SSSR count). The van der Waals surface area contributed by atoms with Crippen molar-refractivity contribution in [2.75, 3.05) is 0 Å². The molecular weight excluding hydrogens is 320 g/mol. The Labute approximate surface area is 131 Å². The topological polar surface area (TPSA) is 83.6 Å². The lowest BCUT2D eigenvalue weighted by Gasteiger charge is -2.37. The highest BCUT2D eigenvalue weighted by Gasteiger charge is 2.47. The lowest BCUT2D eigenvalue weighted by molar-refractivity contribution is 0.0765. The van der Waals surface area contributed by atoms with Crippen LogP contribution in [0.4, 0.5) is 0 Å². The minimum Gasteiger partial charge on any atom is -0.267 e. The van der Waals surface area contributed by atoms with Gasteiger partial charge in [0.05, 0.1) is 11.1 Å². The number of carbonyl (C=O) groups excluding carboxylic acids is 2. The highest BCUT2D eigenvalue weighted by atomic mass is 32.2. The van der Waals surface area contributed by atoms with Crippen LogP contribution in [0.1, 0.15) is 41.5 Å². The lowest BCUT2D eigenvalue weighted by Crippen LogP contribution is -2.59. The minimum atomic E-state index is -4.22. The molecule has 0 aromatic heterocycles. The van der Waals surface area contributed by atoms with Gasteiger partial charge in [-0.25, -0.2) is 4.39 Å². The number of amides is 2. The third kappa shape index (κ3) is 2.62. The van der Waals surface area contributed by atoms with Gasteiger partial charge in [0, 0.05) is 0 Å². The highest BCUT2D eigenvalue weighted by Crippen LogP contribution is 2.35. The van der Waals surface area contributed by atoms with Gasteiger partial charge in [-0.2, -0.15) is 12.7 Å². The predicted molar refractivity (Wildman–Crippen MR) is 86.2 cm³/mol. The number of nitrogens with one attached hydrogen (secondary N) is 1. The normalized spacial score (nSPS) is 16.1. The van der Waals surface area contributed by atoms with Gasteiger partial charge in [-0.05, 0) is 17.2 Å². The molecule has 0 saturated heterocycles. The van der Waals surface area contributed by atoms with Crippen LogP contribution < -0.4 is 4.39 Å². The first-order chi connectivity index (χ1) is 9.88. The van der Waals surface area contributed by atoms with Gasteiger partial charge in [-0.15, -0.1) is 0 Å². The number of rotatable bonds is 3. The summed E-state index contributed by atoms with van der Waals surface area (Å²) in [6.45, 7) is 9.50. The molecule has 0 atom stereocenters. The molecule has 0 spiro atoms. The van der Waals surface area contributed by atoms with Crippen LogP contribution in [0.2, 0.25) is 18.1 Å². The molecular formula is C14H20N2O4SSi. The first-order valence-corrected chi connectivity index (χ1v) is 11.3. The van der Waals surface area contributed by atoms with E-state index in [2.05, 4.69) is 4.39 Å². The summed E-state index contributed by atoms with van der Waals surface area (Å²) in [6.07, 6.45) is 0. The van der Waals surface area contributed by atoms with Crippen molar-refractivity contribution < 1.29 is 18.0 Å². The van der Waals surface area contributed by atoms with Gasteiger partial charge in [-0.3, -0.25) is 9.59 Å². The zero-order valence-electron chi connectivity index (χ0n) is 13.3. The van der Waals surface area contributed by atoms with Crippen molar-refractivity contribution in [2.24, 2.45) is 0 Å². The fraction of sp³-hybridized carbons (Fsp3) is 0.429. The summed E-state index contributed by atoms with van der Waals surface area (Å²) in [7, 11) is -6.68. The second kappa shape index (κ2) is 5.00. The monoisotopic (exact) mass is 340 g/mol. The molecule has 6 nitrogen and oxygen atoms in total. The number of fused-ring (bicyclic) bond motifs is 1. The predicted octanol–water partition coefficient (Wildman–Crippen LogP) is 2.12. The summed E-state index contributed by atoms with van der Waals surface area (Å²) in [4.78, 5) is 24.6. The molecule has 1 heterocycles. The Kier molecular flexibility index (Phi) is 3.83. The summed E-state index contributed by atoms with van der Waals surface area (Å²) >= 11 is 0. The fourth-order valence-corrected chi connectivity index (χ4v) is 6.71. The van der Waals surface area contributed by atoms with Crippen molar-refractivity contribution in [3.05, 3.63) is 35.4 Å². The molecule has 0 unspecified atom stereocenters. The number of nitrogens with zero attached hydrogens (tertiary/aromatic N) is 1. The smallest absolute Gasteiger partial charge is 0.267 e. The van der Waals surface area contributed by atoms with E-state index in [-0.39, 0.29) is 16.2 Å². The molecule has 0 fully saturated rings. The summed E-state index contributed by atoms with van der Waals surface area (Å²) in [5.41, 5.74) is 0.237. The SMILES string of the molecule is CC(C)(C)[Si](C)(C)NS(=O)(=O)N1C(=O)c2ccccc2C1=O. The van der Waals surface area contributed by atoms with E-state index in [9.17, 15) is 18.0 Å². The molecule has 1 aliphatic rings. The first-order valence-electron chi connectivity index (χ1n) is 6.90. The molecule has 1 aliphatic heterocycles. The van der Waals surface area contributed by atoms with Crippen molar-refractivity contribution in [3.63, 3.8) is 0 Å². The van der Waals surface area contributed by atoms with Crippen LogP contribution >= 0.6 is 0 Å². The van der Waals surface area contributed by atoms with Crippen molar-refractivity contribution in [1.82, 2.24) is 8.69 Å². The van der Waals surface area contributed by atoms with Crippen LogP contribution in [0.25, 0.3) is 0 Å². The summed E-state index contributed by atoms with van der Waals surface area (Å²) in [6, 6.07) is 6.11. The molecule has 0 aliphatic carbocycles. The Bertz CT molecular complexity index is 715. The Morgan fingerprint density at radius 3 is 1.77 bits per heavy atom. The quantitative estimate of drug-likeness (QED) is 0.675. The first kappa shape index (κ1) is 16.9. The zero-order chi connectivity index (χ0) is 16.9. The van der Waals surface area contributed by atoms with E-state index >= 15 is 0 Å².